The molecule has 0 radical (unpaired) electrons. The van der Waals surface area contributed by atoms with Gasteiger partial charge in [-0.25, -0.2) is 17.9 Å². The van der Waals surface area contributed by atoms with Crippen molar-refractivity contribution >= 4 is 31.9 Å². The number of aromatic carboxylic acids is 1. The third-order valence-electron chi connectivity index (χ3n) is 2.15. The van der Waals surface area contributed by atoms with E-state index >= 15 is 0 Å². The number of hydrogen-bond acceptors (Lipinski definition) is 4. The van der Waals surface area contributed by atoms with Crippen LogP contribution < -0.4 is 9.46 Å². The van der Waals surface area contributed by atoms with E-state index in [1.54, 1.807) is 0 Å². The van der Waals surface area contributed by atoms with E-state index in [9.17, 15) is 13.2 Å². The molecule has 6 nitrogen and oxygen atoms in total. The molecule has 0 spiro atoms. The Balaban J connectivity index is 3.26. The summed E-state index contributed by atoms with van der Waals surface area (Å²) < 4.78 is 31.7. The van der Waals surface area contributed by atoms with Crippen LogP contribution in [0, 0.1) is 0 Å². The van der Waals surface area contributed by atoms with Crippen LogP contribution in [0.25, 0.3) is 0 Å². The lowest BCUT2D eigenvalue weighted by Gasteiger charge is -2.11. The highest BCUT2D eigenvalue weighted by atomic mass is 79.9. The number of rotatable bonds is 6. The van der Waals surface area contributed by atoms with Crippen LogP contribution >= 0.6 is 15.9 Å². The fraction of sp³-hybridized carbons (Fsp3) is 0.182. The molecule has 1 aromatic carbocycles. The van der Waals surface area contributed by atoms with Gasteiger partial charge in [-0.1, -0.05) is 22.5 Å². The minimum absolute atomic E-state index is 0.0111. The molecule has 0 amide bonds. The molecule has 0 aliphatic carbocycles. The molecule has 19 heavy (non-hydrogen) atoms. The topological polar surface area (TPSA) is 92.7 Å². The minimum Gasteiger partial charge on any atom is -0.495 e. The number of hydrogen-bond donors (Lipinski definition) is 2. The number of benzene rings is 1. The molecule has 8 heteroatoms. The van der Waals surface area contributed by atoms with Gasteiger partial charge in [0.2, 0.25) is 10.0 Å². The number of carbonyl (C=O) groups is 1. The highest BCUT2D eigenvalue weighted by molar-refractivity contribution is 9.11. The minimum atomic E-state index is -3.88. The van der Waals surface area contributed by atoms with Crippen molar-refractivity contribution in [1.29, 1.82) is 0 Å². The van der Waals surface area contributed by atoms with E-state index in [4.69, 9.17) is 9.84 Å². The van der Waals surface area contributed by atoms with E-state index in [1.165, 1.54) is 19.2 Å². The third-order valence-corrected chi connectivity index (χ3v) is 3.86. The molecule has 0 fully saturated rings. The van der Waals surface area contributed by atoms with Gasteiger partial charge in [0.25, 0.3) is 0 Å². The molecule has 0 aromatic heterocycles. The largest absolute Gasteiger partial charge is 0.495 e. The summed E-state index contributed by atoms with van der Waals surface area (Å²) >= 11 is 3.03. The Labute approximate surface area is 119 Å². The summed E-state index contributed by atoms with van der Waals surface area (Å²) in [5.74, 6) is -1.15. The van der Waals surface area contributed by atoms with E-state index in [-0.39, 0.29) is 22.8 Å². The zero-order valence-corrected chi connectivity index (χ0v) is 12.4. The van der Waals surface area contributed by atoms with Crippen molar-refractivity contribution in [3.05, 3.63) is 34.8 Å². The van der Waals surface area contributed by atoms with Gasteiger partial charge in [-0.15, -0.1) is 0 Å². The van der Waals surface area contributed by atoms with E-state index in [0.717, 1.165) is 6.07 Å². The molecule has 0 saturated carbocycles. The molecule has 104 valence electrons. The van der Waals surface area contributed by atoms with Gasteiger partial charge in [0.1, 0.15) is 10.6 Å². The zero-order chi connectivity index (χ0) is 14.6. The molecule has 0 atom stereocenters. The Morgan fingerprint density at radius 3 is 2.63 bits per heavy atom. The molecule has 1 rings (SSSR count). The Hall–Kier alpha value is -1.38. The summed E-state index contributed by atoms with van der Waals surface area (Å²) in [4.78, 5) is 10.6. The van der Waals surface area contributed by atoms with Gasteiger partial charge in [0, 0.05) is 11.0 Å². The van der Waals surface area contributed by atoms with Crippen LogP contribution in [0.5, 0.6) is 5.75 Å². The molecular weight excluding hydrogens is 338 g/mol. The third kappa shape index (κ3) is 4.05. The second kappa shape index (κ2) is 6.18. The van der Waals surface area contributed by atoms with Gasteiger partial charge in [0.05, 0.1) is 12.7 Å². The molecule has 0 aliphatic rings. The highest BCUT2D eigenvalue weighted by Gasteiger charge is 2.21. The van der Waals surface area contributed by atoms with Crippen LogP contribution in [0.3, 0.4) is 0 Å². The molecule has 0 unspecified atom stereocenters. The van der Waals surface area contributed by atoms with Gasteiger partial charge in [-0.05, 0) is 18.2 Å². The molecular formula is C11H12BrNO5S. The predicted molar refractivity (Wildman–Crippen MR) is 73.2 cm³/mol. The van der Waals surface area contributed by atoms with Crippen LogP contribution in [0.4, 0.5) is 0 Å². The van der Waals surface area contributed by atoms with Gasteiger partial charge >= 0.3 is 5.97 Å². The Morgan fingerprint density at radius 1 is 1.53 bits per heavy atom. The van der Waals surface area contributed by atoms with Gasteiger partial charge in [0.15, 0.2) is 0 Å². The summed E-state index contributed by atoms with van der Waals surface area (Å²) in [7, 11) is -2.58. The summed E-state index contributed by atoms with van der Waals surface area (Å²) in [6.45, 7) is 3.49. The lowest BCUT2D eigenvalue weighted by atomic mass is 10.2. The summed E-state index contributed by atoms with van der Waals surface area (Å²) in [5, 5.41) is 8.88. The van der Waals surface area contributed by atoms with Crippen molar-refractivity contribution in [3.8, 4) is 5.75 Å². The van der Waals surface area contributed by atoms with Crippen LogP contribution in [-0.2, 0) is 10.0 Å². The Bertz CT molecular complexity index is 612. The highest BCUT2D eigenvalue weighted by Crippen LogP contribution is 2.25. The van der Waals surface area contributed by atoms with Crippen LogP contribution in [0.15, 0.2) is 34.2 Å². The van der Waals surface area contributed by atoms with Crippen molar-refractivity contribution < 1.29 is 23.1 Å². The number of carboxylic acid groups (broad SMARTS) is 1. The van der Waals surface area contributed by atoms with E-state index in [1.807, 2.05) is 0 Å². The monoisotopic (exact) mass is 349 g/mol. The summed E-state index contributed by atoms with van der Waals surface area (Å²) in [6.07, 6.45) is 0. The number of halogens is 1. The van der Waals surface area contributed by atoms with Gasteiger partial charge in [-0.3, -0.25) is 0 Å². The predicted octanol–water partition coefficient (Wildman–Crippen LogP) is 1.58. The zero-order valence-electron chi connectivity index (χ0n) is 10.0. The number of nitrogens with one attached hydrogen (secondary N) is 1. The second-order valence-electron chi connectivity index (χ2n) is 3.51. The maximum Gasteiger partial charge on any atom is 0.335 e. The summed E-state index contributed by atoms with van der Waals surface area (Å²) in [5.41, 5.74) is -0.140. The molecule has 0 heterocycles. The smallest absolute Gasteiger partial charge is 0.335 e. The number of ether oxygens (including phenoxy) is 1. The second-order valence-corrected chi connectivity index (χ2v) is 6.37. The summed E-state index contributed by atoms with van der Waals surface area (Å²) in [6, 6.07) is 3.60. The Kier molecular flexibility index (Phi) is 5.10. The van der Waals surface area contributed by atoms with Crippen molar-refractivity contribution in [1.82, 2.24) is 4.72 Å². The quantitative estimate of drug-likeness (QED) is 0.813. The first-order chi connectivity index (χ1) is 8.77. The first kappa shape index (κ1) is 15.7. The van der Waals surface area contributed by atoms with Crippen LogP contribution in [0.2, 0.25) is 0 Å². The van der Waals surface area contributed by atoms with Crippen LogP contribution in [0.1, 0.15) is 10.4 Å². The van der Waals surface area contributed by atoms with E-state index < -0.39 is 16.0 Å². The average molecular weight is 350 g/mol. The van der Waals surface area contributed by atoms with Crippen molar-refractivity contribution in [2.24, 2.45) is 0 Å². The average Bonchev–Trinajstić information content (AvgIpc) is 2.35. The number of sulfonamides is 1. The standard InChI is InChI=1S/C11H12BrNO5S/c1-7(12)6-13-19(16,17)10-5-8(11(14)15)3-4-9(10)18-2/h3-5,13H,1,6H2,2H3,(H,14,15). The Morgan fingerprint density at radius 2 is 2.16 bits per heavy atom. The molecule has 0 aliphatic heterocycles. The maximum atomic E-state index is 12.0. The molecule has 2 N–H and O–H groups in total. The lowest BCUT2D eigenvalue weighted by molar-refractivity contribution is 0.0696. The lowest BCUT2D eigenvalue weighted by Crippen LogP contribution is -2.25. The van der Waals surface area contributed by atoms with E-state index in [2.05, 4.69) is 27.2 Å². The fourth-order valence-corrected chi connectivity index (χ4v) is 2.81. The maximum absolute atomic E-state index is 12.0. The van der Waals surface area contributed by atoms with E-state index in [0.29, 0.717) is 4.48 Å². The van der Waals surface area contributed by atoms with Gasteiger partial charge < -0.3 is 9.84 Å². The van der Waals surface area contributed by atoms with Crippen molar-refractivity contribution in [2.75, 3.05) is 13.7 Å². The van der Waals surface area contributed by atoms with Gasteiger partial charge in [-0.2, -0.15) is 0 Å². The molecule has 1 aromatic rings. The van der Waals surface area contributed by atoms with Crippen molar-refractivity contribution in [3.63, 3.8) is 0 Å². The molecule has 0 bridgehead atoms. The van der Waals surface area contributed by atoms with Crippen molar-refractivity contribution in [2.45, 2.75) is 4.90 Å². The normalized spacial score (nSPS) is 11.1. The SMILES string of the molecule is C=C(Br)CNS(=O)(=O)c1cc(C(=O)O)ccc1OC. The van der Waals surface area contributed by atoms with Crippen LogP contribution in [-0.4, -0.2) is 33.1 Å². The first-order valence-electron chi connectivity index (χ1n) is 5.02. The number of methoxy groups -OCH3 is 1. The fourth-order valence-electron chi connectivity index (χ4n) is 1.27. The number of carboxylic acids is 1. The first-order valence-corrected chi connectivity index (χ1v) is 7.30. The molecule has 0 saturated heterocycles.